The minimum atomic E-state index is -3.75. The fraction of sp³-hybridized carbons (Fsp3) is 0.556. The van der Waals surface area contributed by atoms with E-state index >= 15 is 0 Å². The first-order valence-electron chi connectivity index (χ1n) is 9.20. The molecule has 0 aromatic heterocycles. The highest BCUT2D eigenvalue weighted by atomic mass is 32.2. The fourth-order valence-electron chi connectivity index (χ4n) is 3.12. The third-order valence-corrected chi connectivity index (χ3v) is 5.62. The first-order chi connectivity index (χ1) is 12.7. The molecule has 1 aliphatic rings. The lowest BCUT2D eigenvalue weighted by Crippen LogP contribution is -2.48. The van der Waals surface area contributed by atoms with Crippen LogP contribution in [0.25, 0.3) is 0 Å². The van der Waals surface area contributed by atoms with Crippen molar-refractivity contribution in [2.45, 2.75) is 50.5 Å². The number of carbonyl (C=O) groups is 2. The minimum absolute atomic E-state index is 0.00267. The molecule has 1 fully saturated rings. The first kappa shape index (κ1) is 21.2. The van der Waals surface area contributed by atoms with Crippen LogP contribution in [0.2, 0.25) is 0 Å². The second-order valence-electron chi connectivity index (χ2n) is 6.96. The van der Waals surface area contributed by atoms with Gasteiger partial charge in [0.15, 0.2) is 0 Å². The molecule has 8 nitrogen and oxygen atoms in total. The van der Waals surface area contributed by atoms with E-state index in [9.17, 15) is 18.0 Å². The second-order valence-corrected chi connectivity index (χ2v) is 8.52. The van der Waals surface area contributed by atoms with Gasteiger partial charge in [-0.3, -0.25) is 4.79 Å². The van der Waals surface area contributed by atoms with Gasteiger partial charge in [0.05, 0.1) is 4.90 Å². The zero-order chi connectivity index (χ0) is 20.0. The minimum Gasteiger partial charge on any atom is -0.336 e. The molecule has 1 aromatic carbocycles. The molecule has 9 heteroatoms. The molecule has 1 aromatic rings. The quantitative estimate of drug-likeness (QED) is 0.679. The van der Waals surface area contributed by atoms with Gasteiger partial charge in [-0.25, -0.2) is 18.4 Å². The molecule has 0 radical (unpaired) electrons. The average molecular weight is 397 g/mol. The zero-order valence-electron chi connectivity index (χ0n) is 15.8. The van der Waals surface area contributed by atoms with Crippen LogP contribution >= 0.6 is 0 Å². The van der Waals surface area contributed by atoms with Crippen molar-refractivity contribution < 1.29 is 18.0 Å². The molecule has 1 saturated heterocycles. The Kier molecular flexibility index (Phi) is 7.20. The number of nitrogens with two attached hydrogens (primary N) is 1. The number of carbonyl (C=O) groups excluding carboxylic acids is 2. The van der Waals surface area contributed by atoms with Crippen LogP contribution in [0.1, 0.15) is 39.5 Å². The Labute approximate surface area is 160 Å². The van der Waals surface area contributed by atoms with E-state index in [-0.39, 0.29) is 28.8 Å². The molecule has 4 N–H and O–H groups in total. The molecule has 0 saturated carbocycles. The lowest BCUT2D eigenvalue weighted by Gasteiger charge is -2.32. The molecular weight excluding hydrogens is 368 g/mol. The molecule has 27 heavy (non-hydrogen) atoms. The predicted molar refractivity (Wildman–Crippen MR) is 104 cm³/mol. The number of hydrogen-bond acceptors (Lipinski definition) is 4. The number of anilines is 1. The van der Waals surface area contributed by atoms with E-state index in [4.69, 9.17) is 5.14 Å². The summed E-state index contributed by atoms with van der Waals surface area (Å²) in [5, 5.41) is 10.8. The largest absolute Gasteiger partial charge is 0.336 e. The molecule has 150 valence electrons. The number of benzene rings is 1. The van der Waals surface area contributed by atoms with Crippen LogP contribution in [0.4, 0.5) is 10.5 Å². The van der Waals surface area contributed by atoms with E-state index in [0.29, 0.717) is 31.6 Å². The van der Waals surface area contributed by atoms with E-state index in [1.807, 2.05) is 6.92 Å². The maximum atomic E-state index is 12.4. The van der Waals surface area contributed by atoms with E-state index in [2.05, 4.69) is 17.6 Å². The van der Waals surface area contributed by atoms with Gasteiger partial charge in [0.2, 0.25) is 15.9 Å². The van der Waals surface area contributed by atoms with Crippen molar-refractivity contribution >= 4 is 27.6 Å². The number of likely N-dealkylation sites (tertiary alicyclic amines) is 1. The summed E-state index contributed by atoms with van der Waals surface area (Å²) in [4.78, 5) is 26.4. The zero-order valence-corrected chi connectivity index (χ0v) is 16.6. The summed E-state index contributed by atoms with van der Waals surface area (Å²) >= 11 is 0. The Bertz CT molecular complexity index is 756. The van der Waals surface area contributed by atoms with Gasteiger partial charge >= 0.3 is 6.03 Å². The van der Waals surface area contributed by atoms with Crippen LogP contribution in [0, 0.1) is 5.92 Å². The van der Waals surface area contributed by atoms with Crippen molar-refractivity contribution in [2.75, 3.05) is 18.4 Å². The highest BCUT2D eigenvalue weighted by Crippen LogP contribution is 2.20. The number of primary sulfonamides is 1. The third-order valence-electron chi connectivity index (χ3n) is 4.69. The number of amides is 3. The highest BCUT2D eigenvalue weighted by molar-refractivity contribution is 7.89. The highest BCUT2D eigenvalue weighted by Gasteiger charge is 2.27. The molecular formula is C18H28N4O4S. The van der Waals surface area contributed by atoms with Gasteiger partial charge in [-0.1, -0.05) is 13.3 Å². The molecule has 3 amide bonds. The number of sulfonamides is 1. The maximum Gasteiger partial charge on any atom is 0.317 e. The lowest BCUT2D eigenvalue weighted by atomic mass is 9.96. The van der Waals surface area contributed by atoms with Crippen LogP contribution < -0.4 is 15.8 Å². The molecule has 1 aliphatic heterocycles. The van der Waals surface area contributed by atoms with Gasteiger partial charge in [0, 0.05) is 30.7 Å². The van der Waals surface area contributed by atoms with Crippen molar-refractivity contribution in [3.05, 3.63) is 24.3 Å². The topological polar surface area (TPSA) is 122 Å². The summed E-state index contributed by atoms with van der Waals surface area (Å²) in [6.07, 6.45) is 3.14. The van der Waals surface area contributed by atoms with Crippen molar-refractivity contribution in [2.24, 2.45) is 11.1 Å². The standard InChI is InChI=1S/C18H28N4O4S/c1-3-4-13(2)20-18(24)22-11-9-14(10-12-22)17(23)21-15-5-7-16(8-6-15)27(19,25)26/h5-8,13-14H,3-4,9-12H2,1-2H3,(H,20,24)(H,21,23)(H2,19,25,26). The number of nitrogens with one attached hydrogen (secondary N) is 2. The van der Waals surface area contributed by atoms with Crippen LogP contribution in [0.3, 0.4) is 0 Å². The third kappa shape index (κ3) is 6.21. The molecule has 1 unspecified atom stereocenters. The first-order valence-corrected chi connectivity index (χ1v) is 10.7. The average Bonchev–Trinajstić information content (AvgIpc) is 2.61. The number of nitrogens with zero attached hydrogens (tertiary/aromatic N) is 1. The smallest absolute Gasteiger partial charge is 0.317 e. The summed E-state index contributed by atoms with van der Waals surface area (Å²) in [7, 11) is -3.75. The van der Waals surface area contributed by atoms with Gasteiger partial charge in [0.1, 0.15) is 0 Å². The number of urea groups is 1. The predicted octanol–water partition coefficient (Wildman–Crippen LogP) is 1.88. The summed E-state index contributed by atoms with van der Waals surface area (Å²) in [6.45, 7) is 5.14. The van der Waals surface area contributed by atoms with Crippen LogP contribution in [0.15, 0.2) is 29.2 Å². The van der Waals surface area contributed by atoms with Crippen molar-refractivity contribution in [3.63, 3.8) is 0 Å². The summed E-state index contributed by atoms with van der Waals surface area (Å²) in [6, 6.07) is 5.80. The van der Waals surface area contributed by atoms with Gasteiger partial charge in [0.25, 0.3) is 0 Å². The maximum absolute atomic E-state index is 12.4. The Morgan fingerprint density at radius 3 is 2.33 bits per heavy atom. The normalized spacial score (nSPS) is 16.6. The lowest BCUT2D eigenvalue weighted by molar-refractivity contribution is -0.121. The molecule has 2 rings (SSSR count). The van der Waals surface area contributed by atoms with Crippen molar-refractivity contribution in [3.8, 4) is 0 Å². The van der Waals surface area contributed by atoms with Gasteiger partial charge in [-0.2, -0.15) is 0 Å². The van der Waals surface area contributed by atoms with Crippen molar-refractivity contribution in [1.29, 1.82) is 0 Å². The summed E-state index contributed by atoms with van der Waals surface area (Å²) in [5.41, 5.74) is 0.515. The van der Waals surface area contributed by atoms with E-state index in [0.717, 1.165) is 12.8 Å². The van der Waals surface area contributed by atoms with Gasteiger partial charge in [-0.05, 0) is 50.5 Å². The van der Waals surface area contributed by atoms with E-state index in [1.54, 1.807) is 4.90 Å². The summed E-state index contributed by atoms with van der Waals surface area (Å²) in [5.74, 6) is -0.308. The Morgan fingerprint density at radius 1 is 1.22 bits per heavy atom. The van der Waals surface area contributed by atoms with Gasteiger partial charge < -0.3 is 15.5 Å². The number of piperidine rings is 1. The Balaban J connectivity index is 1.83. The molecule has 1 atom stereocenters. The molecule has 1 heterocycles. The van der Waals surface area contributed by atoms with Crippen molar-refractivity contribution in [1.82, 2.24) is 10.2 Å². The molecule has 0 bridgehead atoms. The second kappa shape index (κ2) is 9.18. The monoisotopic (exact) mass is 396 g/mol. The number of rotatable bonds is 6. The molecule has 0 aliphatic carbocycles. The summed E-state index contributed by atoms with van der Waals surface area (Å²) < 4.78 is 22.5. The van der Waals surface area contributed by atoms with Gasteiger partial charge in [-0.15, -0.1) is 0 Å². The number of hydrogen-bond donors (Lipinski definition) is 3. The van der Waals surface area contributed by atoms with E-state index < -0.39 is 10.0 Å². The SMILES string of the molecule is CCCC(C)NC(=O)N1CCC(C(=O)Nc2ccc(S(N)(=O)=O)cc2)CC1. The van der Waals surface area contributed by atoms with Crippen LogP contribution in [-0.2, 0) is 14.8 Å². The molecule has 0 spiro atoms. The van der Waals surface area contributed by atoms with Crippen LogP contribution in [-0.4, -0.2) is 44.4 Å². The fourth-order valence-corrected chi connectivity index (χ4v) is 3.64. The Morgan fingerprint density at radius 2 is 1.81 bits per heavy atom. The van der Waals surface area contributed by atoms with Crippen LogP contribution in [0.5, 0.6) is 0 Å². The van der Waals surface area contributed by atoms with E-state index in [1.165, 1.54) is 24.3 Å². The Hall–Kier alpha value is -2.13.